The zero-order valence-electron chi connectivity index (χ0n) is 14.7. The van der Waals surface area contributed by atoms with Crippen LogP contribution < -0.4 is 5.32 Å². The van der Waals surface area contributed by atoms with Gasteiger partial charge in [0.1, 0.15) is 0 Å². The molecule has 1 aromatic carbocycles. The second-order valence-electron chi connectivity index (χ2n) is 6.90. The van der Waals surface area contributed by atoms with Crippen molar-refractivity contribution in [2.45, 2.75) is 25.4 Å². The fourth-order valence-corrected chi connectivity index (χ4v) is 4.32. The number of hydrogen-bond acceptors (Lipinski definition) is 5. The Kier molecular flexibility index (Phi) is 4.77. The lowest BCUT2D eigenvalue weighted by atomic mass is 9.94. The Morgan fingerprint density at radius 3 is 3.04 bits per heavy atom. The lowest BCUT2D eigenvalue weighted by molar-refractivity contribution is -0.140. The van der Waals surface area contributed by atoms with E-state index in [1.54, 1.807) is 34.7 Å². The Balaban J connectivity index is 1.48. The number of urea groups is 1. The standard InChI is InChI=1S/C19H19N5O2S/c20-7-13-2-1-3-15(6-13)22-19(26)23-8-14-4-5-17(10-23)24(18(14)25)9-16-11-27-12-21-16/h1-3,6,11-12,14,17H,4-5,8-10H2,(H,22,26)/t14-,17+/m0/s1. The predicted octanol–water partition coefficient (Wildman–Crippen LogP) is 2.67. The maximum absolute atomic E-state index is 12.9. The molecule has 0 spiro atoms. The molecule has 3 amide bonds. The number of hydrogen-bond donors (Lipinski definition) is 1. The van der Waals surface area contributed by atoms with Gasteiger partial charge in [0.05, 0.1) is 35.3 Å². The lowest BCUT2D eigenvalue weighted by Gasteiger charge is -2.35. The fraction of sp³-hybridized carbons (Fsp3) is 0.368. The van der Waals surface area contributed by atoms with E-state index in [4.69, 9.17) is 5.26 Å². The average molecular weight is 381 g/mol. The van der Waals surface area contributed by atoms with Crippen LogP contribution in [0.2, 0.25) is 0 Å². The number of fused-ring (bicyclic) bond motifs is 4. The van der Waals surface area contributed by atoms with Gasteiger partial charge in [-0.05, 0) is 31.0 Å². The average Bonchev–Trinajstić information content (AvgIpc) is 3.04. The van der Waals surface area contributed by atoms with E-state index in [2.05, 4.69) is 16.4 Å². The highest BCUT2D eigenvalue weighted by atomic mass is 32.1. The molecule has 3 fully saturated rings. The van der Waals surface area contributed by atoms with E-state index in [-0.39, 0.29) is 23.9 Å². The molecule has 138 valence electrons. The molecule has 0 saturated carbocycles. The van der Waals surface area contributed by atoms with Crippen LogP contribution in [0.4, 0.5) is 10.5 Å². The Morgan fingerprint density at radius 1 is 1.37 bits per heavy atom. The van der Waals surface area contributed by atoms with Gasteiger partial charge in [-0.25, -0.2) is 9.78 Å². The molecule has 0 radical (unpaired) electrons. The summed E-state index contributed by atoms with van der Waals surface area (Å²) < 4.78 is 0. The van der Waals surface area contributed by atoms with E-state index in [1.165, 1.54) is 11.3 Å². The van der Waals surface area contributed by atoms with Crippen molar-refractivity contribution in [3.8, 4) is 6.07 Å². The summed E-state index contributed by atoms with van der Waals surface area (Å²) in [5.74, 6) is -0.0559. The lowest BCUT2D eigenvalue weighted by Crippen LogP contribution is -2.47. The van der Waals surface area contributed by atoms with Crippen LogP contribution in [0.3, 0.4) is 0 Å². The van der Waals surface area contributed by atoms with Crippen LogP contribution in [0.15, 0.2) is 35.2 Å². The quantitative estimate of drug-likeness (QED) is 0.885. The summed E-state index contributed by atoms with van der Waals surface area (Å²) in [5.41, 5.74) is 3.74. The number of anilines is 1. The Labute approximate surface area is 161 Å². The van der Waals surface area contributed by atoms with Gasteiger partial charge in [0.2, 0.25) is 5.91 Å². The maximum atomic E-state index is 12.9. The van der Waals surface area contributed by atoms with Crippen molar-refractivity contribution in [2.75, 3.05) is 18.4 Å². The first-order valence-electron chi connectivity index (χ1n) is 8.87. The zero-order valence-corrected chi connectivity index (χ0v) is 15.5. The number of carbonyl (C=O) groups excluding carboxylic acids is 2. The van der Waals surface area contributed by atoms with Gasteiger partial charge >= 0.3 is 6.03 Å². The van der Waals surface area contributed by atoms with Crippen molar-refractivity contribution in [3.63, 3.8) is 0 Å². The van der Waals surface area contributed by atoms with Gasteiger partial charge in [-0.1, -0.05) is 6.07 Å². The Bertz CT molecular complexity index is 892. The minimum atomic E-state index is -0.231. The normalized spacial score (nSPS) is 21.7. The highest BCUT2D eigenvalue weighted by Crippen LogP contribution is 2.30. The number of rotatable bonds is 3. The molecule has 7 nitrogen and oxygen atoms in total. The molecule has 3 aliphatic heterocycles. The second-order valence-corrected chi connectivity index (χ2v) is 7.62. The summed E-state index contributed by atoms with van der Waals surface area (Å²) in [6.07, 6.45) is 1.71. The zero-order chi connectivity index (χ0) is 18.8. The van der Waals surface area contributed by atoms with Crippen LogP contribution in [0, 0.1) is 17.2 Å². The number of benzene rings is 1. The predicted molar refractivity (Wildman–Crippen MR) is 101 cm³/mol. The Morgan fingerprint density at radius 2 is 2.26 bits per heavy atom. The highest BCUT2D eigenvalue weighted by Gasteiger charge is 2.42. The summed E-state index contributed by atoms with van der Waals surface area (Å²) >= 11 is 1.52. The first-order valence-corrected chi connectivity index (χ1v) is 9.82. The topological polar surface area (TPSA) is 89.3 Å². The maximum Gasteiger partial charge on any atom is 0.321 e. The smallest absolute Gasteiger partial charge is 0.321 e. The van der Waals surface area contributed by atoms with Gasteiger partial charge in [-0.3, -0.25) is 4.79 Å². The van der Waals surface area contributed by atoms with Crippen molar-refractivity contribution in [3.05, 3.63) is 46.4 Å². The van der Waals surface area contributed by atoms with E-state index in [0.29, 0.717) is 30.9 Å². The van der Waals surface area contributed by atoms with Gasteiger partial charge in [0.25, 0.3) is 0 Å². The molecule has 5 rings (SSSR count). The largest absolute Gasteiger partial charge is 0.332 e. The van der Waals surface area contributed by atoms with Crippen molar-refractivity contribution < 1.29 is 9.59 Å². The monoisotopic (exact) mass is 381 g/mol. The molecular formula is C19H19N5O2S. The van der Waals surface area contributed by atoms with Crippen LogP contribution in [0.25, 0.3) is 0 Å². The van der Waals surface area contributed by atoms with E-state index < -0.39 is 0 Å². The summed E-state index contributed by atoms with van der Waals surface area (Å²) in [4.78, 5) is 33.5. The second kappa shape index (κ2) is 7.37. The first kappa shape index (κ1) is 17.5. The van der Waals surface area contributed by atoms with Gasteiger partial charge in [0.15, 0.2) is 0 Å². The minimum absolute atomic E-state index is 0.00847. The molecule has 4 heterocycles. The first-order chi connectivity index (χ1) is 13.1. The van der Waals surface area contributed by atoms with Crippen LogP contribution >= 0.6 is 11.3 Å². The third-order valence-corrected chi connectivity index (χ3v) is 5.77. The minimum Gasteiger partial charge on any atom is -0.332 e. The molecule has 0 aliphatic carbocycles. The molecule has 2 aromatic rings. The number of aromatic nitrogens is 1. The number of nitrogens with zero attached hydrogens (tertiary/aromatic N) is 4. The van der Waals surface area contributed by atoms with Crippen LogP contribution in [-0.4, -0.2) is 45.9 Å². The van der Waals surface area contributed by atoms with Gasteiger partial charge < -0.3 is 15.1 Å². The van der Waals surface area contributed by atoms with Crippen LogP contribution in [0.1, 0.15) is 24.1 Å². The number of nitriles is 1. The molecule has 27 heavy (non-hydrogen) atoms. The van der Waals surface area contributed by atoms with Gasteiger partial charge in [-0.2, -0.15) is 5.26 Å². The van der Waals surface area contributed by atoms with Crippen LogP contribution in [0.5, 0.6) is 0 Å². The van der Waals surface area contributed by atoms with Crippen molar-refractivity contribution >= 4 is 29.0 Å². The number of nitrogens with one attached hydrogen (secondary N) is 1. The number of amides is 3. The summed E-state index contributed by atoms with van der Waals surface area (Å²) in [5, 5.41) is 13.8. The third-order valence-electron chi connectivity index (χ3n) is 5.14. The highest BCUT2D eigenvalue weighted by molar-refractivity contribution is 7.07. The van der Waals surface area contributed by atoms with Crippen molar-refractivity contribution in [2.24, 2.45) is 5.92 Å². The molecule has 3 saturated heterocycles. The summed E-state index contributed by atoms with van der Waals surface area (Å²) in [7, 11) is 0. The van der Waals surface area contributed by atoms with E-state index >= 15 is 0 Å². The summed E-state index contributed by atoms with van der Waals surface area (Å²) in [6.45, 7) is 1.44. The molecule has 1 aromatic heterocycles. The van der Waals surface area contributed by atoms with Gasteiger partial charge in [-0.15, -0.1) is 11.3 Å². The van der Waals surface area contributed by atoms with E-state index in [1.807, 2.05) is 10.3 Å². The van der Waals surface area contributed by atoms with Crippen molar-refractivity contribution in [1.29, 1.82) is 5.26 Å². The van der Waals surface area contributed by atoms with Gasteiger partial charge in [0, 0.05) is 30.2 Å². The molecule has 2 atom stereocenters. The summed E-state index contributed by atoms with van der Waals surface area (Å²) in [6, 6.07) is 8.67. The third kappa shape index (κ3) is 3.64. The SMILES string of the molecule is N#Cc1cccc(NC(=O)N2C[C@@H]3CC[C@H](C2)N(Cc2cscn2)C3=O)c1. The van der Waals surface area contributed by atoms with Crippen molar-refractivity contribution in [1.82, 2.24) is 14.8 Å². The Hall–Kier alpha value is -2.92. The number of piperidine rings is 1. The van der Waals surface area contributed by atoms with Crippen LogP contribution in [-0.2, 0) is 11.3 Å². The molecule has 1 N–H and O–H groups in total. The van der Waals surface area contributed by atoms with E-state index in [0.717, 1.165) is 18.5 Å². The molecule has 2 bridgehead atoms. The number of carbonyl (C=O) groups is 2. The fourth-order valence-electron chi connectivity index (χ4n) is 3.77. The molecule has 8 heteroatoms. The van der Waals surface area contributed by atoms with E-state index in [9.17, 15) is 9.59 Å². The molecular weight excluding hydrogens is 362 g/mol. The number of thiazole rings is 1. The molecule has 0 unspecified atom stereocenters. The molecule has 3 aliphatic rings.